The van der Waals surface area contributed by atoms with E-state index in [0.717, 1.165) is 10.3 Å². The topological polar surface area (TPSA) is 59.3 Å². The molecule has 0 saturated carbocycles. The number of furan rings is 1. The van der Waals surface area contributed by atoms with Gasteiger partial charge in [-0.25, -0.2) is 0 Å². The summed E-state index contributed by atoms with van der Waals surface area (Å²) in [6, 6.07) is 10.6. The van der Waals surface area contributed by atoms with E-state index in [4.69, 9.17) is 16.0 Å². The molecule has 4 nitrogen and oxygen atoms in total. The van der Waals surface area contributed by atoms with Gasteiger partial charge in [-0.2, -0.15) is 0 Å². The van der Waals surface area contributed by atoms with E-state index in [1.807, 2.05) is 6.07 Å². The summed E-state index contributed by atoms with van der Waals surface area (Å²) in [5.41, 5.74) is 0.639. The second kappa shape index (κ2) is 6.56. The summed E-state index contributed by atoms with van der Waals surface area (Å²) in [6.45, 7) is 2.05. The van der Waals surface area contributed by atoms with Gasteiger partial charge in [-0.05, 0) is 42.8 Å². The number of carbonyl (C=O) groups excluding carboxylic acids is 2. The molecule has 0 aliphatic rings. The first kappa shape index (κ1) is 15.8. The summed E-state index contributed by atoms with van der Waals surface area (Å²) in [7, 11) is 0. The highest BCUT2D eigenvalue weighted by molar-refractivity contribution is 7.14. The van der Waals surface area contributed by atoms with Crippen LogP contribution in [0.25, 0.3) is 11.0 Å². The van der Waals surface area contributed by atoms with Crippen LogP contribution in [0.2, 0.25) is 5.02 Å². The normalized spacial score (nSPS) is 10.9. The van der Waals surface area contributed by atoms with Gasteiger partial charge in [0.1, 0.15) is 5.58 Å². The number of fused-ring (bicyclic) bond motifs is 1. The van der Waals surface area contributed by atoms with Crippen LogP contribution < -0.4 is 5.32 Å². The molecule has 0 radical (unpaired) electrons. The van der Waals surface area contributed by atoms with Gasteiger partial charge in [0, 0.05) is 28.8 Å². The van der Waals surface area contributed by atoms with Crippen LogP contribution in [0.5, 0.6) is 0 Å². The molecule has 6 heteroatoms. The lowest BCUT2D eigenvalue weighted by molar-refractivity contribution is -0.118. The standard InChI is InChI=1S/C17H14ClNO3S/c1-10(20)19-7-6-13-3-5-16(23-13)17(21)15-9-11-8-12(18)2-4-14(11)22-15/h2-5,8-9H,6-7H2,1H3,(H,19,20). The molecule has 0 saturated heterocycles. The number of benzene rings is 1. The Hall–Kier alpha value is -2.11. The molecule has 3 rings (SSSR count). The van der Waals surface area contributed by atoms with E-state index < -0.39 is 0 Å². The molecule has 0 aliphatic carbocycles. The summed E-state index contributed by atoms with van der Waals surface area (Å²) in [5.74, 6) is 0.101. The highest BCUT2D eigenvalue weighted by atomic mass is 35.5. The minimum absolute atomic E-state index is 0.0567. The van der Waals surface area contributed by atoms with Gasteiger partial charge in [0.15, 0.2) is 5.76 Å². The number of halogens is 1. The van der Waals surface area contributed by atoms with Crippen molar-refractivity contribution in [2.24, 2.45) is 0 Å². The van der Waals surface area contributed by atoms with Gasteiger partial charge in [0.2, 0.25) is 11.7 Å². The molecular weight excluding hydrogens is 334 g/mol. The third-order valence-electron chi connectivity index (χ3n) is 3.33. The molecule has 0 aliphatic heterocycles. The molecule has 2 heterocycles. The second-order valence-electron chi connectivity index (χ2n) is 5.12. The molecule has 2 aromatic heterocycles. The maximum Gasteiger partial charge on any atom is 0.238 e. The van der Waals surface area contributed by atoms with Crippen LogP contribution in [0.4, 0.5) is 0 Å². The lowest BCUT2D eigenvalue weighted by Crippen LogP contribution is -2.22. The molecule has 0 bridgehead atoms. The highest BCUT2D eigenvalue weighted by Gasteiger charge is 2.17. The summed E-state index contributed by atoms with van der Waals surface area (Å²) >= 11 is 7.36. The van der Waals surface area contributed by atoms with Crippen molar-refractivity contribution in [3.05, 3.63) is 56.9 Å². The molecule has 3 aromatic rings. The maximum absolute atomic E-state index is 12.5. The smallest absolute Gasteiger partial charge is 0.238 e. The number of nitrogens with one attached hydrogen (secondary N) is 1. The van der Waals surface area contributed by atoms with E-state index in [-0.39, 0.29) is 11.7 Å². The summed E-state index contributed by atoms with van der Waals surface area (Å²) in [6.07, 6.45) is 0.702. The first-order chi connectivity index (χ1) is 11.0. The fourth-order valence-corrected chi connectivity index (χ4v) is 3.38. The van der Waals surface area contributed by atoms with E-state index >= 15 is 0 Å². The number of carbonyl (C=O) groups is 2. The lowest BCUT2D eigenvalue weighted by atomic mass is 10.2. The minimum atomic E-state index is -0.145. The Labute approximate surface area is 142 Å². The molecule has 118 valence electrons. The van der Waals surface area contributed by atoms with Crippen LogP contribution >= 0.6 is 22.9 Å². The van der Waals surface area contributed by atoms with Gasteiger partial charge in [-0.15, -0.1) is 11.3 Å². The van der Waals surface area contributed by atoms with Crippen molar-refractivity contribution in [1.29, 1.82) is 0 Å². The van der Waals surface area contributed by atoms with E-state index in [9.17, 15) is 9.59 Å². The lowest BCUT2D eigenvalue weighted by Gasteiger charge is -1.98. The quantitative estimate of drug-likeness (QED) is 0.708. The Morgan fingerprint density at radius 1 is 1.22 bits per heavy atom. The molecule has 0 atom stereocenters. The SMILES string of the molecule is CC(=O)NCCc1ccc(C(=O)c2cc3cc(Cl)ccc3o2)s1. The van der Waals surface area contributed by atoms with E-state index in [0.29, 0.717) is 34.2 Å². The second-order valence-corrected chi connectivity index (χ2v) is 6.73. The number of hydrogen-bond acceptors (Lipinski definition) is 4. The third-order valence-corrected chi connectivity index (χ3v) is 4.71. The zero-order valence-corrected chi connectivity index (χ0v) is 14.0. The van der Waals surface area contributed by atoms with E-state index in [2.05, 4.69) is 5.32 Å². The van der Waals surface area contributed by atoms with Crippen LogP contribution in [-0.4, -0.2) is 18.2 Å². The molecular formula is C17H14ClNO3S. The zero-order chi connectivity index (χ0) is 16.4. The Morgan fingerprint density at radius 2 is 2.04 bits per heavy atom. The molecule has 0 spiro atoms. The van der Waals surface area contributed by atoms with E-state index in [1.165, 1.54) is 18.3 Å². The third kappa shape index (κ3) is 3.63. The van der Waals surface area contributed by atoms with Crippen LogP contribution in [0, 0.1) is 0 Å². The Kier molecular flexibility index (Phi) is 4.50. The molecule has 0 fully saturated rings. The number of ketones is 1. The van der Waals surface area contributed by atoms with Crippen molar-refractivity contribution in [2.75, 3.05) is 6.54 Å². The van der Waals surface area contributed by atoms with Gasteiger partial charge >= 0.3 is 0 Å². The molecule has 1 aromatic carbocycles. The number of amides is 1. The molecule has 0 unspecified atom stereocenters. The van der Waals surface area contributed by atoms with Crippen molar-refractivity contribution < 1.29 is 14.0 Å². The van der Waals surface area contributed by atoms with Crippen molar-refractivity contribution in [3.63, 3.8) is 0 Å². The maximum atomic E-state index is 12.5. The Bertz CT molecular complexity index is 881. The van der Waals surface area contributed by atoms with Crippen molar-refractivity contribution in [2.45, 2.75) is 13.3 Å². The minimum Gasteiger partial charge on any atom is -0.453 e. The highest BCUT2D eigenvalue weighted by Crippen LogP contribution is 2.26. The van der Waals surface area contributed by atoms with Crippen LogP contribution in [0.15, 0.2) is 40.8 Å². The van der Waals surface area contributed by atoms with Crippen molar-refractivity contribution in [3.8, 4) is 0 Å². The number of rotatable bonds is 5. The Morgan fingerprint density at radius 3 is 2.83 bits per heavy atom. The summed E-state index contributed by atoms with van der Waals surface area (Å²) in [5, 5.41) is 4.15. The first-order valence-electron chi connectivity index (χ1n) is 7.10. The van der Waals surface area contributed by atoms with E-state index in [1.54, 1.807) is 30.3 Å². The summed E-state index contributed by atoms with van der Waals surface area (Å²) < 4.78 is 5.60. The van der Waals surface area contributed by atoms with Crippen LogP contribution in [0.3, 0.4) is 0 Å². The summed E-state index contributed by atoms with van der Waals surface area (Å²) in [4.78, 5) is 25.0. The van der Waals surface area contributed by atoms with Gasteiger partial charge in [-0.3, -0.25) is 9.59 Å². The van der Waals surface area contributed by atoms with Crippen LogP contribution in [0.1, 0.15) is 27.2 Å². The van der Waals surface area contributed by atoms with Gasteiger partial charge in [-0.1, -0.05) is 11.6 Å². The van der Waals surface area contributed by atoms with Crippen LogP contribution in [-0.2, 0) is 11.2 Å². The fraction of sp³-hybridized carbons (Fsp3) is 0.176. The van der Waals surface area contributed by atoms with Gasteiger partial charge < -0.3 is 9.73 Å². The predicted molar refractivity (Wildman–Crippen MR) is 91.4 cm³/mol. The molecule has 23 heavy (non-hydrogen) atoms. The number of hydrogen-bond donors (Lipinski definition) is 1. The average molecular weight is 348 g/mol. The molecule has 1 amide bonds. The Balaban J connectivity index is 1.76. The van der Waals surface area contributed by atoms with Crippen molar-refractivity contribution in [1.82, 2.24) is 5.32 Å². The van der Waals surface area contributed by atoms with Gasteiger partial charge in [0.25, 0.3) is 0 Å². The largest absolute Gasteiger partial charge is 0.453 e. The fourth-order valence-electron chi connectivity index (χ4n) is 2.24. The van der Waals surface area contributed by atoms with Crippen molar-refractivity contribution >= 4 is 45.6 Å². The molecule has 1 N–H and O–H groups in total. The first-order valence-corrected chi connectivity index (χ1v) is 8.29. The zero-order valence-electron chi connectivity index (χ0n) is 12.4. The predicted octanol–water partition coefficient (Wildman–Crippen LogP) is 4.06. The number of thiophene rings is 1. The monoisotopic (exact) mass is 347 g/mol. The van der Waals surface area contributed by atoms with Gasteiger partial charge in [0.05, 0.1) is 4.88 Å². The average Bonchev–Trinajstić information content (AvgIpc) is 3.12.